The summed E-state index contributed by atoms with van der Waals surface area (Å²) in [6, 6.07) is 3.02. The minimum absolute atomic E-state index is 0.190. The van der Waals surface area contributed by atoms with Gasteiger partial charge in [0.15, 0.2) is 4.90 Å². The molecule has 0 saturated carbocycles. The zero-order valence-electron chi connectivity index (χ0n) is 11.2. The number of hydrogen-bond acceptors (Lipinski definition) is 5. The van der Waals surface area contributed by atoms with Crippen LogP contribution in [0.1, 0.15) is 12.8 Å². The number of benzene rings is 1. The lowest BCUT2D eigenvalue weighted by Gasteiger charge is -2.30. The highest BCUT2D eigenvalue weighted by Crippen LogP contribution is 2.31. The van der Waals surface area contributed by atoms with Crippen LogP contribution in [0.25, 0.3) is 0 Å². The predicted octanol–water partition coefficient (Wildman–Crippen LogP) is 1.09. The Kier molecular flexibility index (Phi) is 4.55. The number of sulfonamides is 1. The molecule has 2 N–H and O–H groups in total. The maximum atomic E-state index is 13.9. The Bertz CT molecular complexity index is 642. The van der Waals surface area contributed by atoms with Gasteiger partial charge in [-0.25, -0.2) is 12.8 Å². The van der Waals surface area contributed by atoms with Gasteiger partial charge in [0.1, 0.15) is 5.82 Å². The van der Waals surface area contributed by atoms with Crippen molar-refractivity contribution in [3.63, 3.8) is 0 Å². The molecule has 2 rings (SSSR count). The van der Waals surface area contributed by atoms with Gasteiger partial charge in [-0.05, 0) is 31.4 Å². The van der Waals surface area contributed by atoms with Crippen LogP contribution in [0.5, 0.6) is 0 Å². The second-order valence-electron chi connectivity index (χ2n) is 4.93. The average Bonchev–Trinajstić information content (AvgIpc) is 2.46. The lowest BCUT2D eigenvalue weighted by molar-refractivity contribution is -0.388. The minimum atomic E-state index is -4.22. The summed E-state index contributed by atoms with van der Waals surface area (Å²) in [6.07, 6.45) is 1.13. The van der Waals surface area contributed by atoms with Crippen molar-refractivity contribution >= 4 is 15.7 Å². The van der Waals surface area contributed by atoms with E-state index in [-0.39, 0.29) is 19.0 Å². The molecule has 1 aliphatic heterocycles. The first-order valence-corrected chi connectivity index (χ1v) is 7.95. The molecular formula is C12H16FN3O4S. The largest absolute Gasteiger partial charge is 0.330 e. The van der Waals surface area contributed by atoms with E-state index in [9.17, 15) is 22.9 Å². The highest BCUT2D eigenvalue weighted by Gasteiger charge is 2.36. The lowest BCUT2D eigenvalue weighted by Crippen LogP contribution is -2.40. The highest BCUT2D eigenvalue weighted by molar-refractivity contribution is 7.89. The van der Waals surface area contributed by atoms with E-state index in [1.165, 1.54) is 0 Å². The number of nitrogens with two attached hydrogens (primary N) is 1. The fourth-order valence-corrected chi connectivity index (χ4v) is 4.08. The Morgan fingerprint density at radius 2 is 2.00 bits per heavy atom. The van der Waals surface area contributed by atoms with Crippen LogP contribution < -0.4 is 5.73 Å². The van der Waals surface area contributed by atoms with E-state index in [1.807, 2.05) is 0 Å². The molecule has 1 heterocycles. The maximum absolute atomic E-state index is 13.9. The molecule has 1 aliphatic rings. The Morgan fingerprint density at radius 1 is 1.38 bits per heavy atom. The second-order valence-corrected chi connectivity index (χ2v) is 6.80. The molecule has 7 nitrogen and oxygen atoms in total. The molecule has 0 aromatic heterocycles. The van der Waals surface area contributed by atoms with Gasteiger partial charge >= 0.3 is 0 Å². The number of piperidine rings is 1. The smallest absolute Gasteiger partial charge is 0.292 e. The van der Waals surface area contributed by atoms with E-state index >= 15 is 0 Å². The molecule has 0 atom stereocenters. The van der Waals surface area contributed by atoms with Crippen LogP contribution in [0.2, 0.25) is 0 Å². The number of nitro groups is 1. The fourth-order valence-electron chi connectivity index (χ4n) is 2.41. The number of nitro benzene ring substituents is 1. The number of hydrogen-bond donors (Lipinski definition) is 1. The van der Waals surface area contributed by atoms with E-state index in [1.54, 1.807) is 0 Å². The molecule has 0 spiro atoms. The Balaban J connectivity index is 2.39. The van der Waals surface area contributed by atoms with Crippen molar-refractivity contribution in [3.05, 3.63) is 34.1 Å². The third kappa shape index (κ3) is 3.04. The van der Waals surface area contributed by atoms with Crippen LogP contribution in [-0.4, -0.2) is 37.3 Å². The summed E-state index contributed by atoms with van der Waals surface area (Å²) in [4.78, 5) is 9.19. The fraction of sp³-hybridized carbons (Fsp3) is 0.500. The molecule has 1 aromatic carbocycles. The standard InChI is InChI=1S/C12H16FN3O4S/c13-10-2-1-3-11(16(17)18)12(10)21(19,20)15-6-4-9(8-14)5-7-15/h1-3,9H,4-8,14H2. The van der Waals surface area contributed by atoms with E-state index in [4.69, 9.17) is 5.73 Å². The van der Waals surface area contributed by atoms with Gasteiger partial charge in [-0.1, -0.05) is 6.07 Å². The zero-order chi connectivity index (χ0) is 15.6. The molecule has 1 saturated heterocycles. The van der Waals surface area contributed by atoms with Crippen LogP contribution in [-0.2, 0) is 10.0 Å². The van der Waals surface area contributed by atoms with Crippen molar-refractivity contribution in [2.24, 2.45) is 11.7 Å². The Hall–Kier alpha value is -1.58. The van der Waals surface area contributed by atoms with Crippen LogP contribution in [0.15, 0.2) is 23.1 Å². The van der Waals surface area contributed by atoms with Crippen molar-refractivity contribution < 1.29 is 17.7 Å². The molecule has 0 aliphatic carbocycles. The van der Waals surface area contributed by atoms with Gasteiger partial charge in [-0.2, -0.15) is 4.31 Å². The molecule has 0 bridgehead atoms. The minimum Gasteiger partial charge on any atom is -0.330 e. The first-order chi connectivity index (χ1) is 9.87. The summed E-state index contributed by atoms with van der Waals surface area (Å²) in [5.74, 6) is -0.878. The molecule has 0 unspecified atom stereocenters. The van der Waals surface area contributed by atoms with Crippen LogP contribution in [0.3, 0.4) is 0 Å². The Morgan fingerprint density at radius 3 is 2.52 bits per heavy atom. The van der Waals surface area contributed by atoms with Gasteiger partial charge < -0.3 is 5.73 Å². The van der Waals surface area contributed by atoms with E-state index < -0.39 is 31.3 Å². The van der Waals surface area contributed by atoms with Crippen LogP contribution in [0.4, 0.5) is 10.1 Å². The number of nitrogens with zero attached hydrogens (tertiary/aromatic N) is 2. The van der Waals surface area contributed by atoms with Crippen LogP contribution in [0, 0.1) is 21.8 Å². The summed E-state index contributed by atoms with van der Waals surface area (Å²) in [7, 11) is -4.22. The molecule has 1 aromatic rings. The van der Waals surface area contributed by atoms with Gasteiger partial charge in [0, 0.05) is 19.2 Å². The molecule has 0 amide bonds. The molecule has 21 heavy (non-hydrogen) atoms. The van der Waals surface area contributed by atoms with Gasteiger partial charge in [-0.15, -0.1) is 0 Å². The highest BCUT2D eigenvalue weighted by atomic mass is 32.2. The first kappa shape index (κ1) is 15.8. The second kappa shape index (κ2) is 6.04. The summed E-state index contributed by atoms with van der Waals surface area (Å²) in [5, 5.41) is 10.9. The first-order valence-electron chi connectivity index (χ1n) is 6.51. The lowest BCUT2D eigenvalue weighted by atomic mass is 9.99. The average molecular weight is 317 g/mol. The molecular weight excluding hydrogens is 301 g/mol. The summed E-state index contributed by atoms with van der Waals surface area (Å²) < 4.78 is 39.9. The molecule has 0 radical (unpaired) electrons. The molecule has 9 heteroatoms. The van der Waals surface area contributed by atoms with Gasteiger partial charge in [0.05, 0.1) is 4.92 Å². The molecule has 116 valence electrons. The Labute approximate surface area is 121 Å². The third-order valence-corrected chi connectivity index (χ3v) is 5.61. The van der Waals surface area contributed by atoms with Crippen molar-refractivity contribution in [2.45, 2.75) is 17.7 Å². The van der Waals surface area contributed by atoms with Gasteiger partial charge in [-0.3, -0.25) is 10.1 Å². The monoisotopic (exact) mass is 317 g/mol. The van der Waals surface area contributed by atoms with Crippen molar-refractivity contribution in [1.29, 1.82) is 0 Å². The predicted molar refractivity (Wildman–Crippen MR) is 73.6 cm³/mol. The van der Waals surface area contributed by atoms with E-state index in [0.717, 1.165) is 22.5 Å². The van der Waals surface area contributed by atoms with E-state index in [2.05, 4.69) is 0 Å². The maximum Gasteiger partial charge on any atom is 0.292 e. The summed E-state index contributed by atoms with van der Waals surface area (Å²) >= 11 is 0. The van der Waals surface area contributed by atoms with E-state index in [0.29, 0.717) is 19.4 Å². The third-order valence-electron chi connectivity index (χ3n) is 3.65. The molecule has 1 fully saturated rings. The number of rotatable bonds is 4. The zero-order valence-corrected chi connectivity index (χ0v) is 12.1. The van der Waals surface area contributed by atoms with Crippen LogP contribution >= 0.6 is 0 Å². The topological polar surface area (TPSA) is 107 Å². The van der Waals surface area contributed by atoms with Gasteiger partial charge in [0.25, 0.3) is 15.7 Å². The normalized spacial score (nSPS) is 17.8. The quantitative estimate of drug-likeness (QED) is 0.661. The van der Waals surface area contributed by atoms with Crippen molar-refractivity contribution in [1.82, 2.24) is 4.31 Å². The summed E-state index contributed by atoms with van der Waals surface area (Å²) in [5.41, 5.74) is 4.80. The van der Waals surface area contributed by atoms with Gasteiger partial charge in [0.2, 0.25) is 0 Å². The number of halogens is 1. The summed E-state index contributed by atoms with van der Waals surface area (Å²) in [6.45, 7) is 0.846. The SMILES string of the molecule is NCC1CCN(S(=O)(=O)c2c(F)cccc2[N+](=O)[O-])CC1. The van der Waals surface area contributed by atoms with Crippen molar-refractivity contribution in [3.8, 4) is 0 Å². The van der Waals surface area contributed by atoms with Crippen molar-refractivity contribution in [2.75, 3.05) is 19.6 Å².